The Hall–Kier alpha value is -3.33. The molecule has 1 heterocycles. The van der Waals surface area contributed by atoms with Gasteiger partial charge in [0.05, 0.1) is 16.7 Å². The van der Waals surface area contributed by atoms with E-state index in [0.29, 0.717) is 17.0 Å². The number of amides is 2. The smallest absolute Gasteiger partial charge is 0.416 e. The van der Waals surface area contributed by atoms with Crippen molar-refractivity contribution in [3.63, 3.8) is 0 Å². The highest BCUT2D eigenvalue weighted by atomic mass is 32.1. The molecule has 172 valence electrons. The minimum absolute atomic E-state index is 0.0789. The van der Waals surface area contributed by atoms with Crippen LogP contribution in [0, 0.1) is 0 Å². The molecule has 1 aliphatic rings. The topological polar surface area (TPSA) is 78.4 Å². The molecule has 0 aliphatic heterocycles. The minimum Gasteiger partial charge on any atom is -0.507 e. The summed E-state index contributed by atoms with van der Waals surface area (Å²) < 4.78 is 38.5. The van der Waals surface area contributed by atoms with Crippen molar-refractivity contribution in [1.82, 2.24) is 0 Å². The molecule has 0 radical (unpaired) electrons. The summed E-state index contributed by atoms with van der Waals surface area (Å²) in [7, 11) is 0. The van der Waals surface area contributed by atoms with Crippen molar-refractivity contribution in [2.75, 3.05) is 10.6 Å². The van der Waals surface area contributed by atoms with Gasteiger partial charge in [-0.1, -0.05) is 18.6 Å². The number of fused-ring (bicyclic) bond motifs is 1. The number of carbonyl (C=O) groups is 2. The molecule has 0 fully saturated rings. The maximum Gasteiger partial charge on any atom is 0.416 e. The summed E-state index contributed by atoms with van der Waals surface area (Å²) in [5, 5.41) is 15.8. The average molecular weight is 475 g/mol. The number of phenolic OH excluding ortho intramolecular Hbond substituents is 1. The number of nitrogens with one attached hydrogen (secondary N) is 2. The Bertz CT molecular complexity index is 1190. The second-order valence-corrected chi connectivity index (χ2v) is 8.87. The Kier molecular flexibility index (Phi) is 6.42. The number of halogens is 3. The van der Waals surface area contributed by atoms with E-state index in [2.05, 4.69) is 10.6 Å². The number of carbonyl (C=O) groups excluding carboxylic acids is 2. The summed E-state index contributed by atoms with van der Waals surface area (Å²) in [6, 6.07) is 10.3. The molecular formula is C24H21F3N2O3S. The first kappa shape index (κ1) is 22.8. The van der Waals surface area contributed by atoms with E-state index < -0.39 is 23.6 Å². The third-order valence-corrected chi connectivity index (χ3v) is 6.70. The van der Waals surface area contributed by atoms with E-state index in [0.717, 1.165) is 48.3 Å². The second-order valence-electron chi connectivity index (χ2n) is 7.77. The molecule has 4 rings (SSSR count). The lowest BCUT2D eigenvalue weighted by Gasteiger charge is -2.12. The lowest BCUT2D eigenvalue weighted by Crippen LogP contribution is -2.18. The van der Waals surface area contributed by atoms with Crippen LogP contribution in [0.1, 0.15) is 56.0 Å². The first-order valence-electron chi connectivity index (χ1n) is 10.5. The van der Waals surface area contributed by atoms with Crippen LogP contribution in [0.3, 0.4) is 0 Å². The Morgan fingerprint density at radius 3 is 2.27 bits per heavy atom. The molecule has 0 saturated heterocycles. The first-order chi connectivity index (χ1) is 15.7. The van der Waals surface area contributed by atoms with Crippen molar-refractivity contribution in [3.05, 3.63) is 75.7 Å². The molecule has 3 aromatic rings. The van der Waals surface area contributed by atoms with Crippen LogP contribution in [0.25, 0.3) is 0 Å². The standard InChI is InChI=1S/C24H21F3N2O3S/c25-24(26,27)14-10-12-15(13-11-14)28-22(32)20-17-7-2-1-3-9-19(17)33-23(20)29-21(31)16-6-4-5-8-18(16)30/h4-6,8,10-13,30H,1-3,7,9H2,(H,28,32)(H,29,31). The van der Waals surface area contributed by atoms with Crippen molar-refractivity contribution >= 4 is 33.8 Å². The number of hydrogen-bond donors (Lipinski definition) is 3. The van der Waals surface area contributed by atoms with Crippen LogP contribution in [0.2, 0.25) is 0 Å². The van der Waals surface area contributed by atoms with E-state index in [1.807, 2.05) is 0 Å². The van der Waals surface area contributed by atoms with Gasteiger partial charge in [-0.2, -0.15) is 13.2 Å². The van der Waals surface area contributed by atoms with Crippen LogP contribution in [-0.2, 0) is 19.0 Å². The van der Waals surface area contributed by atoms with E-state index in [1.54, 1.807) is 12.1 Å². The Morgan fingerprint density at radius 2 is 1.58 bits per heavy atom. The molecule has 0 atom stereocenters. The third kappa shape index (κ3) is 5.03. The monoisotopic (exact) mass is 474 g/mol. The molecule has 33 heavy (non-hydrogen) atoms. The second kappa shape index (κ2) is 9.27. The van der Waals surface area contributed by atoms with Gasteiger partial charge in [0.2, 0.25) is 0 Å². The number of rotatable bonds is 4. The summed E-state index contributed by atoms with van der Waals surface area (Å²) in [6.07, 6.45) is -0.104. The van der Waals surface area contributed by atoms with Crippen LogP contribution in [0.5, 0.6) is 5.75 Å². The highest BCUT2D eigenvalue weighted by Crippen LogP contribution is 2.38. The molecule has 5 nitrogen and oxygen atoms in total. The lowest BCUT2D eigenvalue weighted by atomic mass is 10.0. The maximum atomic E-state index is 13.2. The van der Waals surface area contributed by atoms with Crippen LogP contribution in [-0.4, -0.2) is 16.9 Å². The van der Waals surface area contributed by atoms with Crippen molar-refractivity contribution in [3.8, 4) is 5.75 Å². The van der Waals surface area contributed by atoms with E-state index >= 15 is 0 Å². The van der Waals surface area contributed by atoms with E-state index in [1.165, 1.54) is 35.6 Å². The number of alkyl halides is 3. The summed E-state index contributed by atoms with van der Waals surface area (Å²) in [6.45, 7) is 0. The van der Waals surface area contributed by atoms with Gasteiger partial charge in [0.1, 0.15) is 10.8 Å². The van der Waals surface area contributed by atoms with Gasteiger partial charge in [0, 0.05) is 10.6 Å². The number of anilines is 2. The van der Waals surface area contributed by atoms with Crippen molar-refractivity contribution in [2.45, 2.75) is 38.3 Å². The molecule has 3 N–H and O–H groups in total. The van der Waals surface area contributed by atoms with Crippen LogP contribution in [0.15, 0.2) is 48.5 Å². The largest absolute Gasteiger partial charge is 0.507 e. The average Bonchev–Trinajstić information content (AvgIpc) is 2.94. The number of thiophene rings is 1. The molecule has 1 aromatic heterocycles. The zero-order chi connectivity index (χ0) is 23.6. The van der Waals surface area contributed by atoms with Gasteiger partial charge in [0.15, 0.2) is 0 Å². The fraction of sp³-hybridized carbons (Fsp3) is 0.250. The van der Waals surface area contributed by atoms with Crippen LogP contribution in [0.4, 0.5) is 23.9 Å². The lowest BCUT2D eigenvalue weighted by molar-refractivity contribution is -0.137. The highest BCUT2D eigenvalue weighted by Gasteiger charge is 2.30. The van der Waals surface area contributed by atoms with Crippen molar-refractivity contribution in [1.29, 1.82) is 0 Å². The third-order valence-electron chi connectivity index (χ3n) is 5.49. The fourth-order valence-electron chi connectivity index (χ4n) is 3.84. The molecule has 2 aromatic carbocycles. The molecular weight excluding hydrogens is 453 g/mol. The zero-order valence-electron chi connectivity index (χ0n) is 17.5. The normalized spacial score (nSPS) is 13.7. The summed E-state index contributed by atoms with van der Waals surface area (Å²) >= 11 is 1.33. The first-order valence-corrected chi connectivity index (χ1v) is 11.3. The molecule has 1 aliphatic carbocycles. The van der Waals surface area contributed by atoms with Crippen molar-refractivity contribution < 1.29 is 27.9 Å². The number of aromatic hydroxyl groups is 1. The van der Waals surface area contributed by atoms with Gasteiger partial charge in [-0.05, 0) is 67.6 Å². The number of phenols is 1. The molecule has 0 saturated carbocycles. The molecule has 9 heteroatoms. The van der Waals surface area contributed by atoms with E-state index in [-0.39, 0.29) is 17.0 Å². The minimum atomic E-state index is -4.46. The summed E-state index contributed by atoms with van der Waals surface area (Å²) in [5.41, 5.74) is 0.672. The van der Waals surface area contributed by atoms with Gasteiger partial charge < -0.3 is 15.7 Å². The Balaban J connectivity index is 1.64. The SMILES string of the molecule is O=C(Nc1sc2c(c1C(=O)Nc1ccc(C(F)(F)F)cc1)CCCCC2)c1ccccc1O. The van der Waals surface area contributed by atoms with Gasteiger partial charge in [-0.3, -0.25) is 9.59 Å². The molecule has 0 bridgehead atoms. The predicted molar refractivity (Wildman–Crippen MR) is 121 cm³/mol. The predicted octanol–water partition coefficient (Wildman–Crippen LogP) is 6.25. The quantitative estimate of drug-likeness (QED) is 0.391. The van der Waals surface area contributed by atoms with Crippen LogP contribution >= 0.6 is 11.3 Å². The summed E-state index contributed by atoms with van der Waals surface area (Å²) in [5.74, 6) is -1.22. The van der Waals surface area contributed by atoms with Crippen LogP contribution < -0.4 is 10.6 Å². The highest BCUT2D eigenvalue weighted by molar-refractivity contribution is 7.17. The van der Waals surface area contributed by atoms with Gasteiger partial charge >= 0.3 is 6.18 Å². The van der Waals surface area contributed by atoms with E-state index in [4.69, 9.17) is 0 Å². The van der Waals surface area contributed by atoms with E-state index in [9.17, 15) is 27.9 Å². The number of hydrogen-bond acceptors (Lipinski definition) is 4. The molecule has 0 unspecified atom stereocenters. The number of para-hydroxylation sites is 1. The maximum absolute atomic E-state index is 13.2. The number of benzene rings is 2. The van der Waals surface area contributed by atoms with Gasteiger partial charge in [0.25, 0.3) is 11.8 Å². The molecule has 2 amide bonds. The fourth-order valence-corrected chi connectivity index (χ4v) is 5.12. The van der Waals surface area contributed by atoms with Gasteiger partial charge in [-0.15, -0.1) is 11.3 Å². The van der Waals surface area contributed by atoms with Crippen molar-refractivity contribution in [2.24, 2.45) is 0 Å². The van der Waals surface area contributed by atoms with Gasteiger partial charge in [-0.25, -0.2) is 0 Å². The zero-order valence-corrected chi connectivity index (χ0v) is 18.3. The Labute approximate surface area is 192 Å². The number of aryl methyl sites for hydroxylation is 1. The molecule has 0 spiro atoms. The summed E-state index contributed by atoms with van der Waals surface area (Å²) in [4.78, 5) is 27.0. The Morgan fingerprint density at radius 1 is 0.879 bits per heavy atom.